The molecule has 0 saturated heterocycles. The van der Waals surface area contributed by atoms with Crippen LogP contribution in [-0.4, -0.2) is 22.5 Å². The Bertz CT molecular complexity index is 1060. The Hall–Kier alpha value is -2.99. The zero-order valence-electron chi connectivity index (χ0n) is 15.7. The van der Waals surface area contributed by atoms with Gasteiger partial charge in [-0.05, 0) is 31.0 Å². The van der Waals surface area contributed by atoms with E-state index in [0.29, 0.717) is 17.1 Å². The Labute approximate surface area is 167 Å². The molecule has 2 aromatic carbocycles. The van der Waals surface area contributed by atoms with Crippen molar-refractivity contribution in [1.82, 2.24) is 4.98 Å². The molecular formula is C22H20N2O3S. The number of cyclic esters (lactones) is 1. The normalized spacial score (nSPS) is 18.3. The van der Waals surface area contributed by atoms with E-state index in [0.717, 1.165) is 16.9 Å². The van der Waals surface area contributed by atoms with E-state index in [1.54, 1.807) is 25.3 Å². The number of benzene rings is 2. The van der Waals surface area contributed by atoms with Crippen LogP contribution in [-0.2, 0) is 22.4 Å². The number of hydrogen-bond acceptors (Lipinski definition) is 5. The minimum atomic E-state index is -1.26. The highest BCUT2D eigenvalue weighted by atomic mass is 32.1. The summed E-state index contributed by atoms with van der Waals surface area (Å²) in [5, 5.41) is 3.32. The third kappa shape index (κ3) is 3.68. The predicted octanol–water partition coefficient (Wildman–Crippen LogP) is 4.15. The minimum Gasteiger partial charge on any atom is -0.445 e. The zero-order chi connectivity index (χ0) is 19.7. The van der Waals surface area contributed by atoms with Crippen LogP contribution in [0.4, 0.5) is 5.13 Å². The maximum Gasteiger partial charge on any atom is 0.339 e. The second-order valence-corrected chi connectivity index (χ2v) is 8.32. The summed E-state index contributed by atoms with van der Waals surface area (Å²) >= 11 is 1.43. The molecule has 3 aromatic rings. The monoisotopic (exact) mass is 392 g/mol. The summed E-state index contributed by atoms with van der Waals surface area (Å²) < 4.78 is 5.48. The number of carbonyl (C=O) groups is 2. The van der Waals surface area contributed by atoms with Crippen molar-refractivity contribution < 1.29 is 14.3 Å². The fraction of sp³-hybridized carbons (Fsp3) is 0.227. The number of nitrogens with one attached hydrogen (secondary N) is 1. The fourth-order valence-corrected chi connectivity index (χ4v) is 4.20. The number of fused-ring (bicyclic) bond motifs is 1. The van der Waals surface area contributed by atoms with Crippen molar-refractivity contribution in [3.63, 3.8) is 0 Å². The first kappa shape index (κ1) is 18.4. The van der Waals surface area contributed by atoms with E-state index in [1.165, 1.54) is 22.5 Å². The molecule has 1 amide bonds. The molecule has 6 heteroatoms. The average Bonchev–Trinajstić information content (AvgIpc) is 3.08. The highest BCUT2D eigenvalue weighted by Gasteiger charge is 2.42. The third-order valence-electron chi connectivity index (χ3n) is 4.80. The number of esters is 1. The molecule has 1 unspecified atom stereocenters. The topological polar surface area (TPSA) is 68.3 Å². The van der Waals surface area contributed by atoms with Crippen molar-refractivity contribution in [3.8, 4) is 0 Å². The van der Waals surface area contributed by atoms with E-state index < -0.39 is 11.6 Å². The zero-order valence-corrected chi connectivity index (χ0v) is 16.5. The summed E-state index contributed by atoms with van der Waals surface area (Å²) in [5.41, 5.74) is 2.49. The van der Waals surface area contributed by atoms with Gasteiger partial charge in [-0.25, -0.2) is 9.78 Å². The lowest BCUT2D eigenvalue weighted by Gasteiger charge is -2.32. The van der Waals surface area contributed by atoms with Gasteiger partial charge in [0, 0.05) is 23.9 Å². The van der Waals surface area contributed by atoms with Crippen molar-refractivity contribution in [2.45, 2.75) is 32.3 Å². The number of nitrogens with zero attached hydrogens (tertiary/aromatic N) is 1. The van der Waals surface area contributed by atoms with E-state index >= 15 is 0 Å². The lowest BCUT2D eigenvalue weighted by atomic mass is 9.89. The van der Waals surface area contributed by atoms with E-state index in [1.807, 2.05) is 18.2 Å². The molecule has 1 aromatic heterocycles. The van der Waals surface area contributed by atoms with Crippen LogP contribution >= 0.6 is 11.3 Å². The van der Waals surface area contributed by atoms with Crippen LogP contribution in [0.5, 0.6) is 0 Å². The maximum atomic E-state index is 12.8. The number of carbonyl (C=O) groups excluding carboxylic acids is 2. The van der Waals surface area contributed by atoms with Crippen molar-refractivity contribution in [3.05, 3.63) is 81.9 Å². The van der Waals surface area contributed by atoms with Crippen LogP contribution in [0.1, 0.15) is 38.8 Å². The number of aryl methyl sites for hydroxylation is 1. The van der Waals surface area contributed by atoms with Crippen LogP contribution in [0, 0.1) is 6.92 Å². The summed E-state index contributed by atoms with van der Waals surface area (Å²) in [7, 11) is 0. The van der Waals surface area contributed by atoms with Gasteiger partial charge >= 0.3 is 5.97 Å². The largest absolute Gasteiger partial charge is 0.445 e. The number of amides is 1. The van der Waals surface area contributed by atoms with Gasteiger partial charge in [-0.2, -0.15) is 0 Å². The standard InChI is InChI=1S/C22H20N2O3S/c1-14-6-5-7-15(10-14)11-17-13-23-21(28-17)24-20(26)22(2)12-16-8-3-4-9-18(16)19(25)27-22/h3-10,13H,11-12H2,1-2H3,(H,23,24,26). The van der Waals surface area contributed by atoms with Gasteiger partial charge < -0.3 is 4.74 Å². The summed E-state index contributed by atoms with van der Waals surface area (Å²) in [5.74, 6) is -0.842. The molecule has 0 radical (unpaired) electrons. The van der Waals surface area contributed by atoms with Crippen LogP contribution in [0.2, 0.25) is 0 Å². The minimum absolute atomic E-state index is 0.336. The average molecular weight is 392 g/mol. The van der Waals surface area contributed by atoms with Crippen LogP contribution in [0.3, 0.4) is 0 Å². The second-order valence-electron chi connectivity index (χ2n) is 7.21. The Kier molecular flexibility index (Phi) is 4.73. The van der Waals surface area contributed by atoms with E-state index in [4.69, 9.17) is 4.74 Å². The summed E-state index contributed by atoms with van der Waals surface area (Å²) in [4.78, 5) is 30.5. The highest BCUT2D eigenvalue weighted by molar-refractivity contribution is 7.15. The van der Waals surface area contributed by atoms with Crippen molar-refractivity contribution in [2.24, 2.45) is 0 Å². The summed E-state index contributed by atoms with van der Waals surface area (Å²) in [6.45, 7) is 3.70. The lowest BCUT2D eigenvalue weighted by molar-refractivity contribution is -0.134. The van der Waals surface area contributed by atoms with Crippen LogP contribution in [0.25, 0.3) is 0 Å². The lowest BCUT2D eigenvalue weighted by Crippen LogP contribution is -2.48. The van der Waals surface area contributed by atoms with Crippen LogP contribution < -0.4 is 5.32 Å². The van der Waals surface area contributed by atoms with Crippen LogP contribution in [0.15, 0.2) is 54.7 Å². The number of rotatable bonds is 4. The molecule has 0 fully saturated rings. The molecular weight excluding hydrogens is 372 g/mol. The first-order valence-corrected chi connectivity index (χ1v) is 9.87. The molecule has 28 heavy (non-hydrogen) atoms. The summed E-state index contributed by atoms with van der Waals surface area (Å²) in [6.07, 6.45) is 2.87. The van der Waals surface area contributed by atoms with Crippen molar-refractivity contribution >= 4 is 28.3 Å². The van der Waals surface area contributed by atoms with Gasteiger partial charge in [0.2, 0.25) is 0 Å². The Morgan fingerprint density at radius 1 is 1.25 bits per heavy atom. The quantitative estimate of drug-likeness (QED) is 0.677. The molecule has 0 aliphatic carbocycles. The van der Waals surface area contributed by atoms with Crippen molar-refractivity contribution in [1.29, 1.82) is 0 Å². The second kappa shape index (κ2) is 7.20. The van der Waals surface area contributed by atoms with Gasteiger partial charge in [0.1, 0.15) is 0 Å². The number of thiazole rings is 1. The Morgan fingerprint density at radius 2 is 2.07 bits per heavy atom. The smallest absolute Gasteiger partial charge is 0.339 e. The molecule has 1 aliphatic heterocycles. The summed E-state index contributed by atoms with van der Waals surface area (Å²) in [6, 6.07) is 15.5. The van der Waals surface area contributed by atoms with Crippen molar-refractivity contribution in [2.75, 3.05) is 5.32 Å². The highest BCUT2D eigenvalue weighted by Crippen LogP contribution is 2.30. The fourth-order valence-electron chi connectivity index (χ4n) is 3.36. The number of ether oxygens (including phenoxy) is 1. The maximum absolute atomic E-state index is 12.8. The molecule has 1 atom stereocenters. The number of anilines is 1. The van der Waals surface area contributed by atoms with E-state index in [9.17, 15) is 9.59 Å². The predicted molar refractivity (Wildman–Crippen MR) is 109 cm³/mol. The van der Waals surface area contributed by atoms with Gasteiger partial charge in [0.05, 0.1) is 5.56 Å². The molecule has 5 nitrogen and oxygen atoms in total. The SMILES string of the molecule is Cc1cccc(Cc2cnc(NC(=O)C3(C)Cc4ccccc4C(=O)O3)s2)c1. The van der Waals surface area contributed by atoms with Gasteiger partial charge in [0.25, 0.3) is 5.91 Å². The first-order valence-electron chi connectivity index (χ1n) is 9.06. The van der Waals surface area contributed by atoms with E-state index in [-0.39, 0.29) is 5.91 Å². The van der Waals surface area contributed by atoms with E-state index in [2.05, 4.69) is 35.4 Å². The van der Waals surface area contributed by atoms with Gasteiger partial charge in [0.15, 0.2) is 10.7 Å². The Morgan fingerprint density at radius 3 is 2.89 bits per heavy atom. The molecule has 142 valence electrons. The molecule has 4 rings (SSSR count). The molecule has 0 bridgehead atoms. The number of hydrogen-bond donors (Lipinski definition) is 1. The molecule has 0 saturated carbocycles. The van der Waals surface area contributed by atoms with Gasteiger partial charge in [-0.1, -0.05) is 48.0 Å². The first-order chi connectivity index (χ1) is 13.4. The Balaban J connectivity index is 1.47. The van der Waals surface area contributed by atoms with Gasteiger partial charge in [-0.15, -0.1) is 11.3 Å². The molecule has 0 spiro atoms. The van der Waals surface area contributed by atoms with Gasteiger partial charge in [-0.3, -0.25) is 10.1 Å². The molecule has 2 heterocycles. The number of aromatic nitrogens is 1. The molecule has 1 N–H and O–H groups in total. The third-order valence-corrected chi connectivity index (χ3v) is 5.71. The molecule has 1 aliphatic rings.